The van der Waals surface area contributed by atoms with Crippen molar-refractivity contribution in [2.45, 2.75) is 135 Å². The van der Waals surface area contributed by atoms with E-state index in [1.54, 1.807) is 7.11 Å². The van der Waals surface area contributed by atoms with E-state index in [1.165, 1.54) is 109 Å². The number of anilines is 1. The van der Waals surface area contributed by atoms with Crippen molar-refractivity contribution in [3.8, 4) is 5.75 Å². The van der Waals surface area contributed by atoms with E-state index in [0.717, 1.165) is 24.3 Å². The molecule has 0 aliphatic rings. The molecule has 0 heterocycles. The van der Waals surface area contributed by atoms with Gasteiger partial charge in [-0.25, -0.2) is 0 Å². The quantitative estimate of drug-likeness (QED) is 0.139. The molecule has 0 fully saturated rings. The lowest BCUT2D eigenvalue weighted by atomic mass is 10.0. The van der Waals surface area contributed by atoms with E-state index in [1.807, 2.05) is 24.3 Å². The molecule has 0 unspecified atom stereocenters. The highest BCUT2D eigenvalue weighted by molar-refractivity contribution is 5.90. The Hall–Kier alpha value is -1.55. The van der Waals surface area contributed by atoms with Crippen molar-refractivity contribution in [1.29, 1.82) is 0 Å². The summed E-state index contributed by atoms with van der Waals surface area (Å²) < 4.78 is 10.6. The third kappa shape index (κ3) is 20.4. The first-order valence-electron chi connectivity index (χ1n) is 14.8. The Morgan fingerprint density at radius 1 is 0.686 bits per heavy atom. The minimum absolute atomic E-state index is 0.0889. The number of carbonyl (C=O) groups excluding carboxylic acids is 1. The van der Waals surface area contributed by atoms with E-state index in [9.17, 15) is 4.79 Å². The summed E-state index contributed by atoms with van der Waals surface area (Å²) >= 11 is 0. The highest BCUT2D eigenvalue weighted by atomic mass is 16.5. The zero-order chi connectivity index (χ0) is 25.2. The van der Waals surface area contributed by atoms with Crippen LogP contribution in [0.15, 0.2) is 24.3 Å². The molecular formula is C31H55NO3. The molecule has 0 radical (unpaired) electrons. The molecule has 1 rings (SSSR count). The highest BCUT2D eigenvalue weighted by Crippen LogP contribution is 2.18. The second-order valence-corrected chi connectivity index (χ2v) is 10.0. The number of hydrogen-bond donors (Lipinski definition) is 1. The molecule has 0 bridgehead atoms. The Morgan fingerprint density at radius 3 is 1.66 bits per heavy atom. The fourth-order valence-corrected chi connectivity index (χ4v) is 4.49. The molecule has 0 saturated carbocycles. The predicted octanol–water partition coefficient (Wildman–Crippen LogP) is 9.47. The van der Waals surface area contributed by atoms with Crippen molar-refractivity contribution < 1.29 is 14.3 Å². The lowest BCUT2D eigenvalue weighted by Gasteiger charge is -2.09. The smallest absolute Gasteiger partial charge is 0.224 e. The van der Waals surface area contributed by atoms with E-state index >= 15 is 0 Å². The number of nitrogens with one attached hydrogen (secondary N) is 1. The first-order valence-corrected chi connectivity index (χ1v) is 14.8. The number of benzene rings is 1. The van der Waals surface area contributed by atoms with Crippen molar-refractivity contribution in [3.63, 3.8) is 0 Å². The van der Waals surface area contributed by atoms with Crippen LogP contribution in [-0.2, 0) is 9.53 Å². The average molecular weight is 490 g/mol. The van der Waals surface area contributed by atoms with Gasteiger partial charge in [-0.1, -0.05) is 129 Å². The van der Waals surface area contributed by atoms with Crippen LogP contribution in [0.25, 0.3) is 0 Å². The van der Waals surface area contributed by atoms with Crippen LogP contribution in [0.4, 0.5) is 5.69 Å². The highest BCUT2D eigenvalue weighted by Gasteiger charge is 2.04. The van der Waals surface area contributed by atoms with Crippen LogP contribution in [0, 0.1) is 0 Å². The molecule has 35 heavy (non-hydrogen) atoms. The van der Waals surface area contributed by atoms with Crippen LogP contribution < -0.4 is 10.1 Å². The summed E-state index contributed by atoms with van der Waals surface area (Å²) in [5.41, 5.74) is 0.794. The predicted molar refractivity (Wildman–Crippen MR) is 150 cm³/mol. The molecular weight excluding hydrogens is 434 g/mol. The third-order valence-electron chi connectivity index (χ3n) is 6.68. The largest absolute Gasteiger partial charge is 0.491 e. The number of unbranched alkanes of at least 4 members (excludes halogenated alkanes) is 18. The van der Waals surface area contributed by atoms with Gasteiger partial charge in [0, 0.05) is 25.3 Å². The molecule has 0 spiro atoms. The Kier molecular flexibility index (Phi) is 21.7. The maximum atomic E-state index is 12.2. The van der Waals surface area contributed by atoms with Crippen LogP contribution in [0.3, 0.4) is 0 Å². The van der Waals surface area contributed by atoms with Crippen molar-refractivity contribution in [2.75, 3.05) is 25.6 Å². The maximum Gasteiger partial charge on any atom is 0.224 e. The van der Waals surface area contributed by atoms with Crippen molar-refractivity contribution >= 4 is 11.6 Å². The van der Waals surface area contributed by atoms with E-state index in [4.69, 9.17) is 9.47 Å². The summed E-state index contributed by atoms with van der Waals surface area (Å²) in [4.78, 5) is 12.2. The van der Waals surface area contributed by atoms with E-state index in [-0.39, 0.29) is 5.91 Å². The minimum atomic E-state index is 0.0889. The molecule has 1 aromatic carbocycles. The Labute approximate surface area is 216 Å². The Morgan fingerprint density at radius 2 is 1.17 bits per heavy atom. The molecule has 4 heteroatoms. The van der Waals surface area contributed by atoms with Gasteiger partial charge >= 0.3 is 0 Å². The normalized spacial score (nSPS) is 11.0. The number of hydrogen-bond acceptors (Lipinski definition) is 3. The van der Waals surface area contributed by atoms with Crippen LogP contribution >= 0.6 is 0 Å². The molecule has 0 aliphatic heterocycles. The topological polar surface area (TPSA) is 47.6 Å². The SMILES string of the molecule is CCCCCCCCCCCCCCCCCCCCCC(=O)Nc1cccc(OCCOC)c1. The molecule has 1 amide bonds. The summed E-state index contributed by atoms with van der Waals surface area (Å²) in [6.45, 7) is 3.35. The molecule has 202 valence electrons. The zero-order valence-electron chi connectivity index (χ0n) is 23.1. The second-order valence-electron chi connectivity index (χ2n) is 10.0. The van der Waals surface area contributed by atoms with Gasteiger partial charge in [-0.3, -0.25) is 4.79 Å². The molecule has 0 saturated heterocycles. The van der Waals surface area contributed by atoms with E-state index in [0.29, 0.717) is 19.6 Å². The standard InChI is InChI=1S/C31H55NO3/c1-3-4-5-6-7-8-9-10-11-12-13-14-15-16-17-18-19-20-21-25-31(33)32-29-23-22-24-30(28-29)35-27-26-34-2/h22-24,28H,3-21,25-27H2,1-2H3,(H,32,33). The van der Waals surface area contributed by atoms with Gasteiger partial charge in [0.1, 0.15) is 12.4 Å². The summed E-state index contributed by atoms with van der Waals surface area (Å²) in [5.74, 6) is 0.842. The fourth-order valence-electron chi connectivity index (χ4n) is 4.49. The monoisotopic (exact) mass is 489 g/mol. The van der Waals surface area contributed by atoms with Crippen LogP contribution in [0.2, 0.25) is 0 Å². The van der Waals surface area contributed by atoms with E-state index < -0.39 is 0 Å². The van der Waals surface area contributed by atoms with Crippen LogP contribution in [-0.4, -0.2) is 26.2 Å². The van der Waals surface area contributed by atoms with Crippen molar-refractivity contribution in [2.24, 2.45) is 0 Å². The molecule has 1 aromatic rings. The number of amides is 1. The van der Waals surface area contributed by atoms with Gasteiger partial charge < -0.3 is 14.8 Å². The lowest BCUT2D eigenvalue weighted by Crippen LogP contribution is -2.11. The first kappa shape index (κ1) is 31.5. The lowest BCUT2D eigenvalue weighted by molar-refractivity contribution is -0.116. The summed E-state index contributed by atoms with van der Waals surface area (Å²) in [7, 11) is 1.65. The average Bonchev–Trinajstić information content (AvgIpc) is 2.86. The molecule has 0 atom stereocenters. The van der Waals surface area contributed by atoms with Gasteiger partial charge in [-0.15, -0.1) is 0 Å². The van der Waals surface area contributed by atoms with Gasteiger partial charge in [-0.2, -0.15) is 0 Å². The van der Waals surface area contributed by atoms with Crippen LogP contribution in [0.5, 0.6) is 5.75 Å². The number of rotatable bonds is 25. The molecule has 0 aromatic heterocycles. The molecule has 1 N–H and O–H groups in total. The Bertz CT molecular complexity index is 605. The van der Waals surface area contributed by atoms with Gasteiger partial charge in [0.05, 0.1) is 6.61 Å². The third-order valence-corrected chi connectivity index (χ3v) is 6.68. The van der Waals surface area contributed by atoms with Gasteiger partial charge in [0.25, 0.3) is 0 Å². The van der Waals surface area contributed by atoms with Gasteiger partial charge in [0.15, 0.2) is 0 Å². The van der Waals surface area contributed by atoms with Crippen molar-refractivity contribution in [1.82, 2.24) is 0 Å². The first-order chi connectivity index (χ1) is 17.3. The fraction of sp³-hybridized carbons (Fsp3) is 0.774. The number of carbonyl (C=O) groups is 1. The van der Waals surface area contributed by atoms with Crippen LogP contribution in [0.1, 0.15) is 135 Å². The molecule has 0 aliphatic carbocycles. The summed E-state index contributed by atoms with van der Waals surface area (Å²) in [6.07, 6.45) is 26.5. The number of methoxy groups -OCH3 is 1. The van der Waals surface area contributed by atoms with Crippen molar-refractivity contribution in [3.05, 3.63) is 24.3 Å². The summed E-state index contributed by atoms with van der Waals surface area (Å²) in [5, 5.41) is 2.98. The summed E-state index contributed by atoms with van der Waals surface area (Å²) in [6, 6.07) is 7.56. The second kappa shape index (κ2) is 24.2. The van der Waals surface area contributed by atoms with E-state index in [2.05, 4.69) is 12.2 Å². The zero-order valence-corrected chi connectivity index (χ0v) is 23.1. The molecule has 4 nitrogen and oxygen atoms in total. The van der Waals surface area contributed by atoms with Gasteiger partial charge in [-0.05, 0) is 18.6 Å². The minimum Gasteiger partial charge on any atom is -0.491 e. The van der Waals surface area contributed by atoms with Gasteiger partial charge in [0.2, 0.25) is 5.91 Å². The Balaban J connectivity index is 1.84. The number of ether oxygens (including phenoxy) is 2. The maximum absolute atomic E-state index is 12.2.